The molecule has 0 N–H and O–H groups in total. The van der Waals surface area contributed by atoms with Gasteiger partial charge >= 0.3 is 0 Å². The van der Waals surface area contributed by atoms with Gasteiger partial charge in [0.05, 0.1) is 0 Å². The third kappa shape index (κ3) is 2.16. The Morgan fingerprint density at radius 2 is 1.83 bits per heavy atom. The van der Waals surface area contributed by atoms with Gasteiger partial charge in [-0.2, -0.15) is 0 Å². The summed E-state index contributed by atoms with van der Waals surface area (Å²) in [6, 6.07) is 13.3. The molecule has 0 atom stereocenters. The van der Waals surface area contributed by atoms with Crippen molar-refractivity contribution in [3.05, 3.63) is 59.4 Å². The van der Waals surface area contributed by atoms with E-state index >= 15 is 0 Å². The number of halogens is 1. The minimum Gasteiger partial charge on any atom is -0.302 e. The molecule has 3 rings (SSSR count). The molecule has 0 amide bonds. The van der Waals surface area contributed by atoms with E-state index in [1.807, 2.05) is 6.07 Å². The van der Waals surface area contributed by atoms with E-state index in [0.717, 1.165) is 30.6 Å². The van der Waals surface area contributed by atoms with E-state index in [9.17, 15) is 4.39 Å². The van der Waals surface area contributed by atoms with Gasteiger partial charge in [0.25, 0.3) is 0 Å². The topological polar surface area (TPSA) is 3.24 Å². The minimum absolute atomic E-state index is 0.178. The lowest BCUT2D eigenvalue weighted by molar-refractivity contribution is 0.313. The van der Waals surface area contributed by atoms with Crippen LogP contribution in [0.1, 0.15) is 11.1 Å². The number of fused-ring (bicyclic) bond motifs is 1. The lowest BCUT2D eigenvalue weighted by Gasteiger charge is -2.25. The van der Waals surface area contributed by atoms with E-state index in [1.54, 1.807) is 12.1 Å². The lowest BCUT2D eigenvalue weighted by Crippen LogP contribution is -2.26. The number of hydrogen-bond acceptors (Lipinski definition) is 1. The van der Waals surface area contributed by atoms with Crippen LogP contribution in [0.15, 0.2) is 42.5 Å². The van der Waals surface area contributed by atoms with Crippen molar-refractivity contribution in [2.45, 2.75) is 13.0 Å². The van der Waals surface area contributed by atoms with Gasteiger partial charge in [-0.05, 0) is 53.9 Å². The molecular weight excluding hydrogens is 225 g/mol. The van der Waals surface area contributed by atoms with Gasteiger partial charge in [-0.3, -0.25) is 0 Å². The number of rotatable bonds is 1. The van der Waals surface area contributed by atoms with Gasteiger partial charge in [-0.15, -0.1) is 0 Å². The summed E-state index contributed by atoms with van der Waals surface area (Å²) in [6.07, 6.45) is 1.11. The summed E-state index contributed by atoms with van der Waals surface area (Å²) in [4.78, 5) is 2.32. The van der Waals surface area contributed by atoms with Gasteiger partial charge in [-0.1, -0.05) is 24.3 Å². The van der Waals surface area contributed by atoms with Crippen LogP contribution in [0, 0.1) is 5.82 Å². The van der Waals surface area contributed by atoms with Crippen LogP contribution in [-0.4, -0.2) is 18.5 Å². The third-order valence-corrected chi connectivity index (χ3v) is 3.57. The maximum Gasteiger partial charge on any atom is 0.123 e. The summed E-state index contributed by atoms with van der Waals surface area (Å²) in [5.41, 5.74) is 4.84. The van der Waals surface area contributed by atoms with Crippen LogP contribution in [0.4, 0.5) is 4.39 Å². The first kappa shape index (κ1) is 11.4. The molecule has 1 nitrogen and oxygen atoms in total. The van der Waals surface area contributed by atoms with Crippen molar-refractivity contribution < 1.29 is 4.39 Å². The molecule has 18 heavy (non-hydrogen) atoms. The summed E-state index contributed by atoms with van der Waals surface area (Å²) >= 11 is 0. The second-order valence-electron chi connectivity index (χ2n) is 4.98. The van der Waals surface area contributed by atoms with Gasteiger partial charge in [0, 0.05) is 13.1 Å². The van der Waals surface area contributed by atoms with Gasteiger partial charge in [0.2, 0.25) is 0 Å². The molecule has 1 heterocycles. The monoisotopic (exact) mass is 241 g/mol. The fourth-order valence-electron chi connectivity index (χ4n) is 2.55. The fourth-order valence-corrected chi connectivity index (χ4v) is 2.55. The van der Waals surface area contributed by atoms with Gasteiger partial charge in [0.1, 0.15) is 5.82 Å². The summed E-state index contributed by atoms with van der Waals surface area (Å²) in [7, 11) is 2.14. The van der Waals surface area contributed by atoms with Crippen LogP contribution >= 0.6 is 0 Å². The molecule has 1 aliphatic rings. The van der Waals surface area contributed by atoms with E-state index in [2.05, 4.69) is 30.1 Å². The van der Waals surface area contributed by atoms with Crippen molar-refractivity contribution in [3.8, 4) is 11.1 Å². The molecule has 0 bridgehead atoms. The zero-order valence-electron chi connectivity index (χ0n) is 10.5. The Kier molecular flexibility index (Phi) is 2.88. The van der Waals surface area contributed by atoms with E-state index in [-0.39, 0.29) is 5.82 Å². The summed E-state index contributed by atoms with van der Waals surface area (Å²) in [6.45, 7) is 2.10. The van der Waals surface area contributed by atoms with Crippen LogP contribution in [-0.2, 0) is 13.0 Å². The van der Waals surface area contributed by atoms with Crippen LogP contribution in [0.2, 0.25) is 0 Å². The molecule has 0 aromatic heterocycles. The number of benzene rings is 2. The molecule has 92 valence electrons. The highest BCUT2D eigenvalue weighted by molar-refractivity contribution is 5.65. The van der Waals surface area contributed by atoms with Crippen molar-refractivity contribution in [1.82, 2.24) is 4.90 Å². The zero-order valence-corrected chi connectivity index (χ0v) is 10.5. The molecule has 0 spiro atoms. The Balaban J connectivity index is 2.01. The van der Waals surface area contributed by atoms with Crippen molar-refractivity contribution >= 4 is 0 Å². The number of likely N-dealkylation sites (N-methyl/N-ethyl adjacent to an activating group) is 1. The highest BCUT2D eigenvalue weighted by Crippen LogP contribution is 2.26. The summed E-state index contributed by atoms with van der Waals surface area (Å²) in [5.74, 6) is -0.178. The molecule has 2 aromatic rings. The van der Waals surface area contributed by atoms with Gasteiger partial charge < -0.3 is 4.90 Å². The fraction of sp³-hybridized carbons (Fsp3) is 0.250. The molecular formula is C16H16FN. The normalized spacial score (nSPS) is 15.4. The molecule has 0 unspecified atom stereocenters. The van der Waals surface area contributed by atoms with Crippen LogP contribution in [0.25, 0.3) is 11.1 Å². The summed E-state index contributed by atoms with van der Waals surface area (Å²) in [5, 5.41) is 0. The Labute approximate surface area is 107 Å². The minimum atomic E-state index is -0.178. The first-order valence-corrected chi connectivity index (χ1v) is 6.29. The Morgan fingerprint density at radius 1 is 1.00 bits per heavy atom. The van der Waals surface area contributed by atoms with Crippen LogP contribution in [0.3, 0.4) is 0 Å². The third-order valence-electron chi connectivity index (χ3n) is 3.57. The molecule has 0 saturated heterocycles. The van der Waals surface area contributed by atoms with Crippen LogP contribution < -0.4 is 0 Å². The van der Waals surface area contributed by atoms with Crippen molar-refractivity contribution in [3.63, 3.8) is 0 Å². The van der Waals surface area contributed by atoms with E-state index in [4.69, 9.17) is 0 Å². The molecule has 2 heteroatoms. The molecule has 0 fully saturated rings. The number of nitrogens with zero attached hydrogens (tertiary/aromatic N) is 1. The molecule has 2 aromatic carbocycles. The highest BCUT2D eigenvalue weighted by atomic mass is 19.1. The Hall–Kier alpha value is -1.67. The predicted molar refractivity (Wildman–Crippen MR) is 71.9 cm³/mol. The van der Waals surface area contributed by atoms with Gasteiger partial charge in [0.15, 0.2) is 0 Å². The first-order chi connectivity index (χ1) is 8.72. The second kappa shape index (κ2) is 4.54. The first-order valence-electron chi connectivity index (χ1n) is 6.29. The lowest BCUT2D eigenvalue weighted by atomic mass is 9.95. The summed E-state index contributed by atoms with van der Waals surface area (Å²) < 4.78 is 13.2. The smallest absolute Gasteiger partial charge is 0.123 e. The van der Waals surface area contributed by atoms with E-state index in [0.29, 0.717) is 0 Å². The second-order valence-corrected chi connectivity index (χ2v) is 4.98. The number of hydrogen-bond donors (Lipinski definition) is 0. The molecule has 0 saturated carbocycles. The highest BCUT2D eigenvalue weighted by Gasteiger charge is 2.13. The Bertz CT molecular complexity index is 577. The zero-order chi connectivity index (χ0) is 12.5. The SMILES string of the molecule is CN1CCc2ccc(-c3cccc(F)c3)cc2C1. The maximum absolute atomic E-state index is 13.2. The maximum atomic E-state index is 13.2. The van der Waals surface area contributed by atoms with Crippen LogP contribution in [0.5, 0.6) is 0 Å². The largest absolute Gasteiger partial charge is 0.302 e. The predicted octanol–water partition coefficient (Wildman–Crippen LogP) is 3.48. The molecule has 0 aliphatic carbocycles. The quantitative estimate of drug-likeness (QED) is 0.739. The van der Waals surface area contributed by atoms with Gasteiger partial charge in [-0.25, -0.2) is 4.39 Å². The van der Waals surface area contributed by atoms with E-state index in [1.165, 1.54) is 17.2 Å². The van der Waals surface area contributed by atoms with Crippen molar-refractivity contribution in [1.29, 1.82) is 0 Å². The van der Waals surface area contributed by atoms with Crippen molar-refractivity contribution in [2.75, 3.05) is 13.6 Å². The Morgan fingerprint density at radius 3 is 2.67 bits per heavy atom. The standard InChI is InChI=1S/C16H16FN/c1-18-8-7-12-5-6-14(9-15(12)11-18)13-3-2-4-16(17)10-13/h2-6,9-10H,7-8,11H2,1H3. The molecule has 0 radical (unpaired) electrons. The molecule has 1 aliphatic heterocycles. The van der Waals surface area contributed by atoms with Crippen molar-refractivity contribution in [2.24, 2.45) is 0 Å². The van der Waals surface area contributed by atoms with E-state index < -0.39 is 0 Å². The average Bonchev–Trinajstić information content (AvgIpc) is 2.38. The average molecular weight is 241 g/mol.